The van der Waals surface area contributed by atoms with Crippen molar-refractivity contribution in [2.75, 3.05) is 12.5 Å². The molecule has 0 spiro atoms. The van der Waals surface area contributed by atoms with Gasteiger partial charge in [-0.3, -0.25) is 4.68 Å². The minimum absolute atomic E-state index is 0.0257. The maximum Gasteiger partial charge on any atom is 0.271 e. The van der Waals surface area contributed by atoms with Crippen LogP contribution >= 0.6 is 0 Å². The second-order valence-corrected chi connectivity index (χ2v) is 4.72. The van der Waals surface area contributed by atoms with Gasteiger partial charge in [-0.15, -0.1) is 0 Å². The lowest BCUT2D eigenvalue weighted by molar-refractivity contribution is 0.0179. The Balaban J connectivity index is 2.23. The van der Waals surface area contributed by atoms with E-state index in [1.807, 2.05) is 0 Å². The molecule has 2 N–H and O–H groups in total. The van der Waals surface area contributed by atoms with E-state index in [-0.39, 0.29) is 17.9 Å². The van der Waals surface area contributed by atoms with Gasteiger partial charge in [0.25, 0.3) is 5.92 Å². The molecule has 1 aromatic heterocycles. The van der Waals surface area contributed by atoms with E-state index in [2.05, 4.69) is 5.10 Å². The van der Waals surface area contributed by atoms with Crippen LogP contribution in [0.4, 0.5) is 14.6 Å². The number of aromatic nitrogens is 2. The van der Waals surface area contributed by atoms with Gasteiger partial charge in [0.1, 0.15) is 5.82 Å². The molecule has 0 saturated carbocycles. The molecule has 106 valence electrons. The van der Waals surface area contributed by atoms with Crippen LogP contribution in [0.25, 0.3) is 11.3 Å². The summed E-state index contributed by atoms with van der Waals surface area (Å²) in [5.74, 6) is -1.89. The molecule has 2 aromatic rings. The van der Waals surface area contributed by atoms with Crippen LogP contribution in [0.3, 0.4) is 0 Å². The average Bonchev–Trinajstić information content (AvgIpc) is 2.93. The molecule has 1 aromatic carbocycles. The van der Waals surface area contributed by atoms with Gasteiger partial charge in [-0.05, 0) is 12.1 Å². The van der Waals surface area contributed by atoms with Gasteiger partial charge in [-0.1, -0.05) is 0 Å². The molecule has 0 amide bonds. The van der Waals surface area contributed by atoms with Crippen molar-refractivity contribution < 1.29 is 18.3 Å². The van der Waals surface area contributed by atoms with Gasteiger partial charge in [0, 0.05) is 31.2 Å². The van der Waals surface area contributed by atoms with Crippen molar-refractivity contribution in [2.45, 2.75) is 12.8 Å². The number of anilines is 1. The van der Waals surface area contributed by atoms with E-state index in [9.17, 15) is 8.78 Å². The highest BCUT2D eigenvalue weighted by atomic mass is 19.3. The molecule has 2 heterocycles. The van der Waals surface area contributed by atoms with Gasteiger partial charge in [0.15, 0.2) is 11.5 Å². The summed E-state index contributed by atoms with van der Waals surface area (Å²) >= 11 is 0. The number of hydrogen-bond acceptors (Lipinski definition) is 4. The summed E-state index contributed by atoms with van der Waals surface area (Å²) in [4.78, 5) is 0. The summed E-state index contributed by atoms with van der Waals surface area (Å²) in [5, 5.41) is 4.14. The molecule has 20 heavy (non-hydrogen) atoms. The van der Waals surface area contributed by atoms with Crippen molar-refractivity contribution in [3.63, 3.8) is 0 Å². The van der Waals surface area contributed by atoms with Gasteiger partial charge in [-0.2, -0.15) is 5.10 Å². The lowest BCUT2D eigenvalue weighted by Crippen LogP contribution is -2.09. The number of nitrogens with zero attached hydrogens (tertiary/aromatic N) is 2. The van der Waals surface area contributed by atoms with E-state index in [4.69, 9.17) is 15.2 Å². The fourth-order valence-corrected chi connectivity index (χ4v) is 2.13. The van der Waals surface area contributed by atoms with E-state index in [0.717, 1.165) is 6.92 Å². The molecule has 0 aliphatic carbocycles. The first-order valence-corrected chi connectivity index (χ1v) is 5.98. The molecule has 7 heteroatoms. The summed E-state index contributed by atoms with van der Waals surface area (Å²) in [7, 11) is 1.65. The summed E-state index contributed by atoms with van der Waals surface area (Å²) < 4.78 is 39.4. The van der Waals surface area contributed by atoms with Crippen molar-refractivity contribution in [1.29, 1.82) is 0 Å². The topological polar surface area (TPSA) is 62.3 Å². The number of ether oxygens (including phenoxy) is 2. The molecule has 1 aliphatic rings. The molecule has 0 fully saturated rings. The molecule has 0 unspecified atom stereocenters. The highest BCUT2D eigenvalue weighted by molar-refractivity contribution is 5.71. The normalized spacial score (nSPS) is 13.8. The fourth-order valence-electron chi connectivity index (χ4n) is 2.13. The minimum atomic E-state index is -3.03. The third-order valence-corrected chi connectivity index (χ3v) is 3.18. The Kier molecular flexibility index (Phi) is 2.60. The number of hydrogen-bond donors (Lipinski definition) is 1. The number of halogens is 2. The predicted molar refractivity (Wildman–Crippen MR) is 68.7 cm³/mol. The van der Waals surface area contributed by atoms with Crippen molar-refractivity contribution in [3.05, 3.63) is 23.8 Å². The average molecular weight is 281 g/mol. The summed E-state index contributed by atoms with van der Waals surface area (Å²) in [6.07, 6.45) is 0. The third-order valence-electron chi connectivity index (χ3n) is 3.18. The third kappa shape index (κ3) is 1.95. The van der Waals surface area contributed by atoms with Crippen LogP contribution in [0.2, 0.25) is 0 Å². The van der Waals surface area contributed by atoms with Gasteiger partial charge in [0.2, 0.25) is 6.79 Å². The number of aryl methyl sites for hydroxylation is 1. The van der Waals surface area contributed by atoms with Crippen molar-refractivity contribution in [3.8, 4) is 22.8 Å². The van der Waals surface area contributed by atoms with E-state index >= 15 is 0 Å². The van der Waals surface area contributed by atoms with Gasteiger partial charge >= 0.3 is 0 Å². The van der Waals surface area contributed by atoms with Crippen LogP contribution in [-0.4, -0.2) is 16.6 Å². The zero-order chi connectivity index (χ0) is 14.5. The number of benzene rings is 1. The zero-order valence-corrected chi connectivity index (χ0v) is 11.0. The first-order chi connectivity index (χ1) is 9.36. The standard InChI is InChI=1S/C13H13F2N3O2/c1-13(14,15)8-4-11-10(19-6-20-11)3-7(8)9-5-12(16)18(2)17-9/h3-5H,6,16H2,1-2H3. The number of nitrogens with two attached hydrogens (primary N) is 1. The predicted octanol–water partition coefficient (Wildman–Crippen LogP) is 2.51. The van der Waals surface area contributed by atoms with Crippen molar-refractivity contribution >= 4 is 5.82 Å². The van der Waals surface area contributed by atoms with E-state index in [1.54, 1.807) is 13.1 Å². The number of nitrogen functional groups attached to an aromatic ring is 1. The monoisotopic (exact) mass is 281 g/mol. The maximum atomic E-state index is 13.8. The second kappa shape index (κ2) is 4.09. The molecule has 5 nitrogen and oxygen atoms in total. The lowest BCUT2D eigenvalue weighted by atomic mass is 9.99. The molecule has 1 aliphatic heterocycles. The summed E-state index contributed by atoms with van der Waals surface area (Å²) in [6.45, 7) is 0.859. The van der Waals surface area contributed by atoms with Crippen LogP contribution in [0, 0.1) is 0 Å². The molecule has 3 rings (SSSR count). The maximum absolute atomic E-state index is 13.8. The van der Waals surface area contributed by atoms with Crippen LogP contribution in [0.5, 0.6) is 11.5 Å². The summed E-state index contributed by atoms with van der Waals surface area (Å²) in [6, 6.07) is 4.35. The Bertz CT molecular complexity index is 657. The first-order valence-electron chi connectivity index (χ1n) is 5.98. The van der Waals surface area contributed by atoms with Crippen molar-refractivity contribution in [2.24, 2.45) is 7.05 Å². The Hall–Kier alpha value is -2.31. The van der Waals surface area contributed by atoms with E-state index in [0.29, 0.717) is 23.0 Å². The SMILES string of the molecule is Cn1nc(-c2cc3c(cc2C(C)(F)F)OCO3)cc1N. The molecular formula is C13H13F2N3O2. The molecular weight excluding hydrogens is 268 g/mol. The number of fused-ring (bicyclic) bond motifs is 1. The number of alkyl halides is 2. The Morgan fingerprint density at radius 1 is 1.25 bits per heavy atom. The Labute approximate surface area is 113 Å². The summed E-state index contributed by atoms with van der Waals surface area (Å²) in [5.41, 5.74) is 6.20. The Morgan fingerprint density at radius 3 is 2.45 bits per heavy atom. The largest absolute Gasteiger partial charge is 0.454 e. The molecule has 0 atom stereocenters. The van der Waals surface area contributed by atoms with Crippen LogP contribution in [0.1, 0.15) is 12.5 Å². The lowest BCUT2D eigenvalue weighted by Gasteiger charge is -2.15. The van der Waals surface area contributed by atoms with E-state index in [1.165, 1.54) is 16.8 Å². The van der Waals surface area contributed by atoms with Crippen LogP contribution in [-0.2, 0) is 13.0 Å². The molecule has 0 bridgehead atoms. The van der Waals surface area contributed by atoms with Crippen molar-refractivity contribution in [1.82, 2.24) is 9.78 Å². The number of rotatable bonds is 2. The second-order valence-electron chi connectivity index (χ2n) is 4.72. The smallest absolute Gasteiger partial charge is 0.271 e. The minimum Gasteiger partial charge on any atom is -0.454 e. The highest BCUT2D eigenvalue weighted by Crippen LogP contribution is 2.44. The molecule has 0 radical (unpaired) electrons. The first kappa shape index (κ1) is 12.7. The van der Waals surface area contributed by atoms with Crippen LogP contribution in [0.15, 0.2) is 18.2 Å². The van der Waals surface area contributed by atoms with Gasteiger partial charge in [0.05, 0.1) is 5.69 Å². The quantitative estimate of drug-likeness (QED) is 0.918. The van der Waals surface area contributed by atoms with Crippen LogP contribution < -0.4 is 15.2 Å². The highest BCUT2D eigenvalue weighted by Gasteiger charge is 2.32. The van der Waals surface area contributed by atoms with E-state index < -0.39 is 5.92 Å². The van der Waals surface area contributed by atoms with Gasteiger partial charge < -0.3 is 15.2 Å². The molecule has 0 saturated heterocycles. The fraction of sp³-hybridized carbons (Fsp3) is 0.308. The van der Waals surface area contributed by atoms with Gasteiger partial charge in [-0.25, -0.2) is 8.78 Å². The zero-order valence-electron chi connectivity index (χ0n) is 11.0. The Morgan fingerprint density at radius 2 is 1.90 bits per heavy atom.